The molecule has 0 spiro atoms. The number of rotatable bonds is 5. The fraction of sp³-hybridized carbons (Fsp3) is 0.241. The first kappa shape index (κ1) is 21.0. The lowest BCUT2D eigenvalue weighted by Gasteiger charge is -2.16. The zero-order valence-electron chi connectivity index (χ0n) is 18.8. The minimum absolute atomic E-state index is 0.422. The monoisotopic (exact) mass is 406 g/mol. The highest BCUT2D eigenvalue weighted by Crippen LogP contribution is 2.34. The van der Waals surface area contributed by atoms with Crippen LogP contribution in [0.5, 0.6) is 0 Å². The molecular formula is C29H30N2. The Morgan fingerprint density at radius 2 is 1.55 bits per heavy atom. The largest absolute Gasteiger partial charge is 0.254 e. The molecule has 0 radical (unpaired) electrons. The van der Waals surface area contributed by atoms with Gasteiger partial charge < -0.3 is 0 Å². The zero-order valence-corrected chi connectivity index (χ0v) is 18.8. The van der Waals surface area contributed by atoms with Crippen molar-refractivity contribution < 1.29 is 0 Å². The zero-order chi connectivity index (χ0) is 21.8. The van der Waals surface area contributed by atoms with Gasteiger partial charge in [0, 0.05) is 5.57 Å². The summed E-state index contributed by atoms with van der Waals surface area (Å²) in [7, 11) is 0. The first-order valence-corrected chi connectivity index (χ1v) is 11.1. The number of aliphatic imine (C=N–C) groups is 1. The molecule has 1 aliphatic rings. The summed E-state index contributed by atoms with van der Waals surface area (Å²) in [5.74, 6) is 0.843. The normalized spacial score (nSPS) is 13.5. The van der Waals surface area contributed by atoms with Gasteiger partial charge >= 0.3 is 0 Å². The third kappa shape index (κ3) is 4.59. The molecule has 2 heteroatoms. The molecule has 0 atom stereocenters. The lowest BCUT2D eigenvalue weighted by atomic mass is 9.93. The number of hydrogen-bond acceptors (Lipinski definition) is 2. The summed E-state index contributed by atoms with van der Waals surface area (Å²) in [6.07, 6.45) is 9.48. The van der Waals surface area contributed by atoms with Crippen molar-refractivity contribution in [1.82, 2.24) is 4.98 Å². The average Bonchev–Trinajstić information content (AvgIpc) is 3.00. The van der Waals surface area contributed by atoms with Crippen LogP contribution in [0.15, 0.2) is 77.8 Å². The van der Waals surface area contributed by atoms with Crippen LogP contribution < -0.4 is 0 Å². The topological polar surface area (TPSA) is 25.2 Å². The number of benzene rings is 2. The molecule has 0 unspecified atom stereocenters. The van der Waals surface area contributed by atoms with E-state index in [1.165, 1.54) is 27.8 Å². The van der Waals surface area contributed by atoms with E-state index >= 15 is 0 Å². The van der Waals surface area contributed by atoms with E-state index in [0.29, 0.717) is 11.8 Å². The molecule has 0 bridgehead atoms. The van der Waals surface area contributed by atoms with Crippen LogP contribution in [-0.4, -0.2) is 11.2 Å². The Morgan fingerprint density at radius 1 is 0.839 bits per heavy atom. The number of fused-ring (bicyclic) bond motifs is 1. The van der Waals surface area contributed by atoms with Crippen molar-refractivity contribution in [3.05, 3.63) is 106 Å². The number of para-hydroxylation sites is 1. The molecular weight excluding hydrogens is 376 g/mol. The lowest BCUT2D eigenvalue weighted by Crippen LogP contribution is -1.98. The average molecular weight is 407 g/mol. The Balaban J connectivity index is 1.72. The van der Waals surface area contributed by atoms with E-state index in [1.54, 1.807) is 0 Å². The lowest BCUT2D eigenvalue weighted by molar-refractivity contribution is 0.835. The number of pyridine rings is 1. The Bertz CT molecular complexity index is 1140. The number of allylic oxidation sites excluding steroid dienone is 2. The van der Waals surface area contributed by atoms with Gasteiger partial charge in [0.2, 0.25) is 0 Å². The molecule has 1 aliphatic carbocycles. The second kappa shape index (κ2) is 9.26. The van der Waals surface area contributed by atoms with E-state index in [2.05, 4.69) is 101 Å². The number of nitrogens with zero attached hydrogens (tertiary/aromatic N) is 2. The molecule has 0 amide bonds. The van der Waals surface area contributed by atoms with Gasteiger partial charge in [-0.15, -0.1) is 0 Å². The number of aromatic nitrogens is 1. The first-order valence-electron chi connectivity index (χ1n) is 11.1. The molecule has 1 aromatic heterocycles. The van der Waals surface area contributed by atoms with E-state index in [0.717, 1.165) is 23.5 Å². The van der Waals surface area contributed by atoms with Crippen LogP contribution in [0.3, 0.4) is 0 Å². The third-order valence-electron chi connectivity index (χ3n) is 5.72. The molecule has 31 heavy (non-hydrogen) atoms. The highest BCUT2D eigenvalue weighted by Gasteiger charge is 2.14. The van der Waals surface area contributed by atoms with Gasteiger partial charge in [-0.25, -0.2) is 4.98 Å². The third-order valence-corrected chi connectivity index (χ3v) is 5.72. The number of hydrogen-bond donors (Lipinski definition) is 0. The van der Waals surface area contributed by atoms with Crippen LogP contribution in [0.4, 0.5) is 5.69 Å². The maximum absolute atomic E-state index is 4.96. The predicted octanol–water partition coefficient (Wildman–Crippen LogP) is 7.93. The van der Waals surface area contributed by atoms with Crippen LogP contribution in [0.1, 0.15) is 79.6 Å². The van der Waals surface area contributed by atoms with E-state index in [1.807, 2.05) is 12.3 Å². The van der Waals surface area contributed by atoms with Crippen molar-refractivity contribution >= 4 is 23.6 Å². The van der Waals surface area contributed by atoms with Crippen molar-refractivity contribution in [2.45, 2.75) is 46.0 Å². The summed E-state index contributed by atoms with van der Waals surface area (Å²) in [4.78, 5) is 9.90. The molecule has 156 valence electrons. The second-order valence-electron chi connectivity index (χ2n) is 8.64. The summed E-state index contributed by atoms with van der Waals surface area (Å²) in [5.41, 5.74) is 9.16. The fourth-order valence-electron chi connectivity index (χ4n) is 4.09. The highest BCUT2D eigenvalue weighted by molar-refractivity contribution is 5.86. The van der Waals surface area contributed by atoms with Gasteiger partial charge in [0.15, 0.2) is 0 Å². The maximum atomic E-state index is 4.96. The van der Waals surface area contributed by atoms with Crippen molar-refractivity contribution in [3.63, 3.8) is 0 Å². The van der Waals surface area contributed by atoms with Gasteiger partial charge in [0.05, 0.1) is 23.3 Å². The molecule has 2 nitrogen and oxygen atoms in total. The first-order chi connectivity index (χ1) is 15.0. The van der Waals surface area contributed by atoms with Crippen LogP contribution >= 0.6 is 0 Å². The van der Waals surface area contributed by atoms with Gasteiger partial charge in [-0.2, -0.15) is 0 Å². The summed E-state index contributed by atoms with van der Waals surface area (Å²) in [6, 6.07) is 21.2. The van der Waals surface area contributed by atoms with E-state index in [4.69, 9.17) is 9.98 Å². The van der Waals surface area contributed by atoms with E-state index < -0.39 is 0 Å². The Kier molecular flexibility index (Phi) is 6.27. The van der Waals surface area contributed by atoms with Crippen LogP contribution in [-0.2, 0) is 0 Å². The van der Waals surface area contributed by atoms with Gasteiger partial charge in [0.25, 0.3) is 0 Å². The van der Waals surface area contributed by atoms with Crippen LogP contribution in [0.25, 0.3) is 11.6 Å². The standard InChI is InChI=1S/C29H30N2/c1-20(2)24-16-10-17-25(21(3)4)29(24)30-19-23-13-9-18-28(31-23)27-15-8-6-12-22-11-5-7-14-26(22)27/h5-7,9-21H,8H2,1-4H3. The summed E-state index contributed by atoms with van der Waals surface area (Å²) in [5, 5.41) is 0. The maximum Gasteiger partial charge on any atom is 0.0820 e. The Morgan fingerprint density at radius 3 is 2.29 bits per heavy atom. The van der Waals surface area contributed by atoms with Crippen molar-refractivity contribution in [2.75, 3.05) is 0 Å². The molecule has 0 aliphatic heterocycles. The van der Waals surface area contributed by atoms with Crippen LogP contribution in [0, 0.1) is 0 Å². The van der Waals surface area contributed by atoms with Crippen molar-refractivity contribution in [1.29, 1.82) is 0 Å². The fourth-order valence-corrected chi connectivity index (χ4v) is 4.09. The molecule has 0 fully saturated rings. The van der Waals surface area contributed by atoms with Gasteiger partial charge in [-0.3, -0.25) is 4.99 Å². The predicted molar refractivity (Wildman–Crippen MR) is 133 cm³/mol. The Labute approximate surface area is 186 Å². The molecule has 0 N–H and O–H groups in total. The summed E-state index contributed by atoms with van der Waals surface area (Å²) >= 11 is 0. The van der Waals surface area contributed by atoms with Gasteiger partial charge in [-0.1, -0.05) is 94.5 Å². The molecule has 3 aromatic rings. The van der Waals surface area contributed by atoms with E-state index in [-0.39, 0.29) is 0 Å². The SMILES string of the molecule is CC(C)c1cccc(C(C)C)c1N=Cc1cccc(C2=CCC=Cc3ccccc32)n1. The Hall–Kier alpha value is -3.26. The summed E-state index contributed by atoms with van der Waals surface area (Å²) in [6.45, 7) is 8.89. The molecule has 1 heterocycles. The van der Waals surface area contributed by atoms with Crippen molar-refractivity contribution in [3.8, 4) is 0 Å². The molecule has 2 aromatic carbocycles. The smallest absolute Gasteiger partial charge is 0.0820 e. The minimum Gasteiger partial charge on any atom is -0.254 e. The summed E-state index contributed by atoms with van der Waals surface area (Å²) < 4.78 is 0. The van der Waals surface area contributed by atoms with E-state index in [9.17, 15) is 0 Å². The van der Waals surface area contributed by atoms with Gasteiger partial charge in [0.1, 0.15) is 0 Å². The quantitative estimate of drug-likeness (QED) is 0.395. The van der Waals surface area contributed by atoms with Crippen LogP contribution in [0.2, 0.25) is 0 Å². The molecule has 0 saturated carbocycles. The minimum atomic E-state index is 0.422. The molecule has 4 rings (SSSR count). The molecule has 0 saturated heterocycles. The highest BCUT2D eigenvalue weighted by atomic mass is 14.8. The van der Waals surface area contributed by atoms with Crippen molar-refractivity contribution in [2.24, 2.45) is 4.99 Å². The second-order valence-corrected chi connectivity index (χ2v) is 8.64. The van der Waals surface area contributed by atoms with Gasteiger partial charge in [-0.05, 0) is 52.6 Å².